The molecule has 12 rings (SSSR count). The average Bonchev–Trinajstić information content (AvgIpc) is 3.53. The van der Waals surface area contributed by atoms with Gasteiger partial charge in [0.05, 0.1) is 17.1 Å². The van der Waals surface area contributed by atoms with Crippen LogP contribution in [0.2, 0.25) is 0 Å². The summed E-state index contributed by atoms with van der Waals surface area (Å²) in [5.74, 6) is 1.78. The van der Waals surface area contributed by atoms with Gasteiger partial charge in [0.2, 0.25) is 0 Å². The maximum atomic E-state index is 6.67. The van der Waals surface area contributed by atoms with E-state index in [1.807, 2.05) is 0 Å². The number of anilines is 6. The highest BCUT2D eigenvalue weighted by molar-refractivity contribution is 6.06. The van der Waals surface area contributed by atoms with Gasteiger partial charge in [-0.15, -0.1) is 0 Å². The third-order valence-corrected chi connectivity index (χ3v) is 13.6. The molecule has 9 aromatic carbocycles. The van der Waals surface area contributed by atoms with Gasteiger partial charge in [0.25, 0.3) is 0 Å². The molecule has 0 radical (unpaired) electrons. The molecule has 2 aliphatic heterocycles. The first kappa shape index (κ1) is 35.6. The van der Waals surface area contributed by atoms with Crippen molar-refractivity contribution in [2.45, 2.75) is 38.5 Å². The predicted octanol–water partition coefficient (Wildman–Crippen LogP) is 16.2. The lowest BCUT2D eigenvalue weighted by Crippen LogP contribution is -2.32. The molecular formula is C58H44N2O. The molecule has 0 N–H and O–H groups in total. The molecular weight excluding hydrogens is 741 g/mol. The van der Waals surface area contributed by atoms with E-state index in [2.05, 4.69) is 232 Å². The van der Waals surface area contributed by atoms with E-state index in [1.165, 1.54) is 72.1 Å². The molecule has 61 heavy (non-hydrogen) atoms. The Balaban J connectivity index is 0.892. The summed E-state index contributed by atoms with van der Waals surface area (Å²) in [6, 6.07) is 71.0. The second-order valence-corrected chi connectivity index (χ2v) is 17.8. The lowest BCUT2D eigenvalue weighted by molar-refractivity contribution is 0.472. The summed E-state index contributed by atoms with van der Waals surface area (Å²) in [5, 5.41) is 2.38. The van der Waals surface area contributed by atoms with E-state index < -0.39 is 0 Å². The van der Waals surface area contributed by atoms with Crippen LogP contribution in [0.3, 0.4) is 0 Å². The summed E-state index contributed by atoms with van der Waals surface area (Å²) < 4.78 is 6.67. The quantitative estimate of drug-likeness (QED) is 0.173. The third-order valence-electron chi connectivity index (χ3n) is 13.6. The van der Waals surface area contributed by atoms with Gasteiger partial charge >= 0.3 is 0 Å². The summed E-state index contributed by atoms with van der Waals surface area (Å²) >= 11 is 0. The van der Waals surface area contributed by atoms with Gasteiger partial charge in [0.15, 0.2) is 11.5 Å². The van der Waals surface area contributed by atoms with Crippen molar-refractivity contribution in [3.8, 4) is 44.9 Å². The van der Waals surface area contributed by atoms with Crippen molar-refractivity contribution < 1.29 is 4.74 Å². The molecule has 0 bridgehead atoms. The van der Waals surface area contributed by atoms with Gasteiger partial charge < -0.3 is 14.5 Å². The zero-order valence-corrected chi connectivity index (χ0v) is 34.8. The van der Waals surface area contributed by atoms with Crippen molar-refractivity contribution in [3.63, 3.8) is 0 Å². The Labute approximate surface area is 357 Å². The van der Waals surface area contributed by atoms with Gasteiger partial charge in [-0.05, 0) is 116 Å². The standard InChI is InChI=1S/C58H44N2O/c1-57(2)48-18-11-10-17-46(48)47-32-31-44(36-51(47)57)59(42-14-6-5-7-15-42)43-29-25-38(26-30-43)37-21-23-39(24-22-37)41-27-33-49-52(35-41)60-55-45-16-9-8-13-40(45)28-34-54(55)61-53-20-12-19-50(56(53)60)58(49,3)4/h5-36H,1-4H3. The van der Waals surface area contributed by atoms with E-state index in [1.54, 1.807) is 0 Å². The first-order chi connectivity index (χ1) is 29.8. The van der Waals surface area contributed by atoms with E-state index in [0.717, 1.165) is 39.9 Å². The van der Waals surface area contributed by atoms with Crippen LogP contribution >= 0.6 is 0 Å². The number of fused-ring (bicyclic) bond motifs is 9. The van der Waals surface area contributed by atoms with E-state index in [0.29, 0.717) is 0 Å². The Morgan fingerprint density at radius 1 is 0.393 bits per heavy atom. The molecule has 3 nitrogen and oxygen atoms in total. The fourth-order valence-electron chi connectivity index (χ4n) is 10.4. The molecule has 9 aromatic rings. The molecule has 0 saturated carbocycles. The topological polar surface area (TPSA) is 15.7 Å². The first-order valence-corrected chi connectivity index (χ1v) is 21.3. The Morgan fingerprint density at radius 2 is 0.984 bits per heavy atom. The highest BCUT2D eigenvalue weighted by atomic mass is 16.5. The molecule has 1 aliphatic carbocycles. The van der Waals surface area contributed by atoms with Crippen molar-refractivity contribution >= 4 is 44.9 Å². The van der Waals surface area contributed by atoms with Crippen molar-refractivity contribution in [3.05, 3.63) is 216 Å². The van der Waals surface area contributed by atoms with Crippen LogP contribution < -0.4 is 14.5 Å². The molecule has 3 aliphatic rings. The monoisotopic (exact) mass is 784 g/mol. The Kier molecular flexibility index (Phi) is 7.62. The molecule has 0 saturated heterocycles. The van der Waals surface area contributed by atoms with Crippen molar-refractivity contribution in [1.29, 1.82) is 0 Å². The fraction of sp³-hybridized carbons (Fsp3) is 0.103. The summed E-state index contributed by atoms with van der Waals surface area (Å²) in [4.78, 5) is 4.84. The molecule has 0 atom stereocenters. The van der Waals surface area contributed by atoms with Crippen molar-refractivity contribution in [1.82, 2.24) is 0 Å². The molecule has 2 heterocycles. The molecule has 292 valence electrons. The maximum Gasteiger partial charge on any atom is 0.152 e. The number of nitrogens with zero attached hydrogens (tertiary/aromatic N) is 2. The number of rotatable bonds is 5. The summed E-state index contributed by atoms with van der Waals surface area (Å²) in [6.07, 6.45) is 0. The molecule has 0 amide bonds. The molecule has 0 fully saturated rings. The smallest absolute Gasteiger partial charge is 0.152 e. The highest BCUT2D eigenvalue weighted by Crippen LogP contribution is 2.61. The zero-order chi connectivity index (χ0) is 41.0. The summed E-state index contributed by atoms with van der Waals surface area (Å²) in [5.41, 5.74) is 19.3. The van der Waals surface area contributed by atoms with Crippen molar-refractivity contribution in [2.75, 3.05) is 9.80 Å². The minimum absolute atomic E-state index is 0.0756. The van der Waals surface area contributed by atoms with Gasteiger partial charge in [-0.1, -0.05) is 167 Å². The second kappa shape index (κ2) is 13.1. The first-order valence-electron chi connectivity index (χ1n) is 21.3. The van der Waals surface area contributed by atoms with E-state index >= 15 is 0 Å². The maximum absolute atomic E-state index is 6.67. The van der Waals surface area contributed by atoms with Crippen LogP contribution in [0.25, 0.3) is 44.2 Å². The van der Waals surface area contributed by atoms with Crippen LogP contribution in [0.5, 0.6) is 11.5 Å². The SMILES string of the molecule is CC1(C)c2ccccc2-c2ccc(N(c3ccccc3)c3ccc(-c4ccc(-c5ccc6c(c5)N5c7c(cccc7C6(C)C)Oc6ccc7ccccc7c65)cc4)cc3)cc21. The lowest BCUT2D eigenvalue weighted by atomic mass is 9.72. The molecule has 0 unspecified atom stereocenters. The normalized spacial score (nSPS) is 14.6. The number of benzene rings is 9. The van der Waals surface area contributed by atoms with Gasteiger partial charge in [-0.2, -0.15) is 0 Å². The van der Waals surface area contributed by atoms with Crippen LogP contribution in [-0.2, 0) is 10.8 Å². The predicted molar refractivity (Wildman–Crippen MR) is 254 cm³/mol. The largest absolute Gasteiger partial charge is 0.453 e. The third kappa shape index (κ3) is 5.30. The van der Waals surface area contributed by atoms with E-state index in [4.69, 9.17) is 4.74 Å². The molecule has 0 aromatic heterocycles. The Bertz CT molecular complexity index is 3220. The Hall–Kier alpha value is -7.36. The minimum Gasteiger partial charge on any atom is -0.453 e. The number of ether oxygens (including phenoxy) is 1. The van der Waals surface area contributed by atoms with Gasteiger partial charge in [-0.25, -0.2) is 0 Å². The zero-order valence-electron chi connectivity index (χ0n) is 34.8. The number of para-hydroxylation sites is 2. The molecule has 0 spiro atoms. The highest BCUT2D eigenvalue weighted by Gasteiger charge is 2.42. The number of hydrogen-bond donors (Lipinski definition) is 0. The fourth-order valence-corrected chi connectivity index (χ4v) is 10.4. The van der Waals surface area contributed by atoms with Crippen LogP contribution in [0.15, 0.2) is 194 Å². The van der Waals surface area contributed by atoms with Crippen LogP contribution in [0.4, 0.5) is 34.1 Å². The van der Waals surface area contributed by atoms with E-state index in [-0.39, 0.29) is 10.8 Å². The summed E-state index contributed by atoms with van der Waals surface area (Å²) in [7, 11) is 0. The van der Waals surface area contributed by atoms with Gasteiger partial charge in [0, 0.05) is 33.3 Å². The second-order valence-electron chi connectivity index (χ2n) is 17.8. The number of hydrogen-bond acceptors (Lipinski definition) is 3. The molecule has 3 heteroatoms. The van der Waals surface area contributed by atoms with Gasteiger partial charge in [-0.3, -0.25) is 0 Å². The van der Waals surface area contributed by atoms with Crippen LogP contribution in [-0.4, -0.2) is 0 Å². The van der Waals surface area contributed by atoms with Crippen LogP contribution in [0, 0.1) is 0 Å². The lowest BCUT2D eigenvalue weighted by Gasteiger charge is -2.45. The van der Waals surface area contributed by atoms with Crippen LogP contribution in [0.1, 0.15) is 49.9 Å². The summed E-state index contributed by atoms with van der Waals surface area (Å²) in [6.45, 7) is 9.36. The average molecular weight is 785 g/mol. The van der Waals surface area contributed by atoms with Gasteiger partial charge in [0.1, 0.15) is 0 Å². The Morgan fingerprint density at radius 3 is 1.79 bits per heavy atom. The van der Waals surface area contributed by atoms with Crippen molar-refractivity contribution in [2.24, 2.45) is 0 Å². The minimum atomic E-state index is -0.212. The van der Waals surface area contributed by atoms with E-state index in [9.17, 15) is 0 Å².